The molecule has 2 aromatic heterocycles. The predicted molar refractivity (Wildman–Crippen MR) is 51.3 cm³/mol. The molecule has 0 saturated heterocycles. The van der Waals surface area contributed by atoms with Gasteiger partial charge < -0.3 is 14.9 Å². The molecule has 2 aromatic rings. The fourth-order valence-electron chi connectivity index (χ4n) is 1.28. The first-order valence-corrected chi connectivity index (χ1v) is 4.37. The molecule has 0 radical (unpaired) electrons. The van der Waals surface area contributed by atoms with Gasteiger partial charge in [0.15, 0.2) is 5.95 Å². The number of aryl methyl sites for hydroxylation is 3. The van der Waals surface area contributed by atoms with Crippen LogP contribution in [0.2, 0.25) is 0 Å². The lowest BCUT2D eigenvalue weighted by Gasteiger charge is -2.03. The summed E-state index contributed by atoms with van der Waals surface area (Å²) in [5.74, 6) is 1.48. The zero-order chi connectivity index (χ0) is 9.97. The molecule has 0 atom stereocenters. The van der Waals surface area contributed by atoms with Crippen LogP contribution in [0.15, 0.2) is 18.7 Å². The second-order valence-corrected chi connectivity index (χ2v) is 3.09. The minimum Gasteiger partial charge on any atom is -0.369 e. The van der Waals surface area contributed by atoms with Gasteiger partial charge in [0.05, 0.1) is 0 Å². The summed E-state index contributed by atoms with van der Waals surface area (Å²) in [6.45, 7) is 0.776. The smallest absolute Gasteiger partial charge is 0.200 e. The molecule has 0 aliphatic carbocycles. The van der Waals surface area contributed by atoms with Crippen molar-refractivity contribution in [1.82, 2.24) is 24.3 Å². The lowest BCUT2D eigenvalue weighted by Crippen LogP contribution is -2.07. The van der Waals surface area contributed by atoms with Crippen molar-refractivity contribution < 1.29 is 0 Å². The molecular weight excluding hydrogens is 180 g/mol. The van der Waals surface area contributed by atoms with E-state index in [1.807, 2.05) is 22.4 Å². The molecule has 0 saturated carbocycles. The van der Waals surface area contributed by atoms with E-state index in [9.17, 15) is 0 Å². The molecule has 6 nitrogen and oxygen atoms in total. The van der Waals surface area contributed by atoms with E-state index in [0.29, 0.717) is 5.95 Å². The highest BCUT2D eigenvalue weighted by Crippen LogP contribution is 2.01. The number of nitrogen functional groups attached to an aromatic ring is 1. The van der Waals surface area contributed by atoms with Gasteiger partial charge in [0.2, 0.25) is 0 Å². The van der Waals surface area contributed by atoms with Crippen LogP contribution >= 0.6 is 0 Å². The number of imidazole rings is 1. The third-order valence-electron chi connectivity index (χ3n) is 2.13. The topological polar surface area (TPSA) is 74.5 Å². The molecule has 0 aromatic carbocycles. The van der Waals surface area contributed by atoms with Crippen molar-refractivity contribution in [2.45, 2.75) is 13.0 Å². The highest BCUT2D eigenvalue weighted by molar-refractivity contribution is 5.16. The first-order chi connectivity index (χ1) is 6.77. The Morgan fingerprint density at radius 3 is 2.93 bits per heavy atom. The van der Waals surface area contributed by atoms with Gasteiger partial charge in [0.25, 0.3) is 0 Å². The van der Waals surface area contributed by atoms with Crippen molar-refractivity contribution in [3.8, 4) is 0 Å². The van der Waals surface area contributed by atoms with Gasteiger partial charge in [-0.05, 0) is 0 Å². The fraction of sp³-hybridized carbons (Fsp3) is 0.375. The van der Waals surface area contributed by atoms with Crippen molar-refractivity contribution in [2.24, 2.45) is 7.05 Å². The second-order valence-electron chi connectivity index (χ2n) is 3.09. The first-order valence-electron chi connectivity index (χ1n) is 4.37. The molecule has 2 heterocycles. The van der Waals surface area contributed by atoms with Crippen LogP contribution in [0.1, 0.15) is 5.82 Å². The van der Waals surface area contributed by atoms with Gasteiger partial charge >= 0.3 is 0 Å². The highest BCUT2D eigenvalue weighted by Gasteiger charge is 2.02. The molecule has 2 rings (SSSR count). The Kier molecular flexibility index (Phi) is 2.18. The molecule has 0 fully saturated rings. The molecule has 6 heteroatoms. The van der Waals surface area contributed by atoms with E-state index >= 15 is 0 Å². The Morgan fingerprint density at radius 2 is 2.36 bits per heavy atom. The minimum absolute atomic E-state index is 0.534. The number of nitrogens with zero attached hydrogens (tertiary/aromatic N) is 5. The Morgan fingerprint density at radius 1 is 1.50 bits per heavy atom. The third kappa shape index (κ3) is 1.59. The van der Waals surface area contributed by atoms with E-state index in [4.69, 9.17) is 5.73 Å². The fourth-order valence-corrected chi connectivity index (χ4v) is 1.28. The van der Waals surface area contributed by atoms with E-state index in [0.717, 1.165) is 18.8 Å². The number of hydrogen-bond acceptors (Lipinski definition) is 4. The molecule has 0 aliphatic heterocycles. The zero-order valence-electron chi connectivity index (χ0n) is 7.96. The molecular formula is C8H12N6. The summed E-state index contributed by atoms with van der Waals surface area (Å²) in [4.78, 5) is 3.94. The number of rotatable bonds is 3. The van der Waals surface area contributed by atoms with E-state index < -0.39 is 0 Å². The number of aromatic nitrogens is 5. The monoisotopic (exact) mass is 192 g/mol. The Bertz CT molecular complexity index is 375. The van der Waals surface area contributed by atoms with Crippen LogP contribution < -0.4 is 5.73 Å². The van der Waals surface area contributed by atoms with E-state index in [-0.39, 0.29) is 0 Å². The molecule has 74 valence electrons. The summed E-state index contributed by atoms with van der Waals surface area (Å²) in [6, 6.07) is 0. The first kappa shape index (κ1) is 8.74. The van der Waals surface area contributed by atoms with Gasteiger partial charge in [0.1, 0.15) is 12.2 Å². The standard InChI is InChI=1S/C8H12N6/c1-13-6-11-12-7(13)2-4-14-5-3-10-8(14)9/h3,5-6H,2,4H2,1H3,(H2,9,10). The molecule has 0 amide bonds. The Balaban J connectivity index is 2.02. The number of anilines is 1. The van der Waals surface area contributed by atoms with Gasteiger partial charge in [-0.3, -0.25) is 0 Å². The summed E-state index contributed by atoms with van der Waals surface area (Å²) < 4.78 is 3.78. The second kappa shape index (κ2) is 3.49. The SMILES string of the molecule is Cn1cnnc1CCn1ccnc1N. The molecule has 2 N–H and O–H groups in total. The van der Waals surface area contributed by atoms with Crippen molar-refractivity contribution >= 4 is 5.95 Å². The summed E-state index contributed by atoms with van der Waals surface area (Å²) in [5, 5.41) is 7.78. The van der Waals surface area contributed by atoms with Crippen molar-refractivity contribution in [3.63, 3.8) is 0 Å². The zero-order valence-corrected chi connectivity index (χ0v) is 7.96. The van der Waals surface area contributed by atoms with Crippen LogP contribution in [0, 0.1) is 0 Å². The molecule has 0 unspecified atom stereocenters. The van der Waals surface area contributed by atoms with Crippen LogP contribution in [0.4, 0.5) is 5.95 Å². The van der Waals surface area contributed by atoms with Crippen LogP contribution in [0.25, 0.3) is 0 Å². The van der Waals surface area contributed by atoms with Crippen molar-refractivity contribution in [2.75, 3.05) is 5.73 Å². The molecule has 14 heavy (non-hydrogen) atoms. The van der Waals surface area contributed by atoms with Crippen molar-refractivity contribution in [1.29, 1.82) is 0 Å². The lowest BCUT2D eigenvalue weighted by molar-refractivity contribution is 0.655. The van der Waals surface area contributed by atoms with Gasteiger partial charge in [-0.1, -0.05) is 0 Å². The van der Waals surface area contributed by atoms with E-state index in [1.54, 1.807) is 12.5 Å². The average molecular weight is 192 g/mol. The largest absolute Gasteiger partial charge is 0.369 e. The van der Waals surface area contributed by atoms with Gasteiger partial charge in [-0.25, -0.2) is 4.98 Å². The Labute approximate surface area is 81.4 Å². The van der Waals surface area contributed by atoms with Crippen LogP contribution in [-0.2, 0) is 20.0 Å². The maximum absolute atomic E-state index is 5.63. The predicted octanol–water partition coefficient (Wildman–Crippen LogP) is -0.164. The number of hydrogen-bond donors (Lipinski definition) is 1. The quantitative estimate of drug-likeness (QED) is 0.733. The third-order valence-corrected chi connectivity index (χ3v) is 2.13. The number of nitrogens with two attached hydrogens (primary N) is 1. The van der Waals surface area contributed by atoms with Crippen LogP contribution in [0.3, 0.4) is 0 Å². The molecule has 0 aliphatic rings. The summed E-state index contributed by atoms with van der Waals surface area (Å²) in [7, 11) is 1.92. The van der Waals surface area contributed by atoms with Crippen LogP contribution in [-0.4, -0.2) is 24.3 Å². The molecule has 0 spiro atoms. The normalized spacial score (nSPS) is 10.6. The van der Waals surface area contributed by atoms with E-state index in [2.05, 4.69) is 15.2 Å². The highest BCUT2D eigenvalue weighted by atomic mass is 15.2. The van der Waals surface area contributed by atoms with Gasteiger partial charge in [0, 0.05) is 32.4 Å². The summed E-state index contributed by atoms with van der Waals surface area (Å²) >= 11 is 0. The summed E-state index contributed by atoms with van der Waals surface area (Å²) in [6.07, 6.45) is 6.03. The van der Waals surface area contributed by atoms with Crippen molar-refractivity contribution in [3.05, 3.63) is 24.5 Å². The average Bonchev–Trinajstić information content (AvgIpc) is 2.72. The maximum atomic E-state index is 5.63. The summed E-state index contributed by atoms with van der Waals surface area (Å²) in [5.41, 5.74) is 5.63. The molecule has 0 bridgehead atoms. The van der Waals surface area contributed by atoms with E-state index in [1.165, 1.54) is 0 Å². The minimum atomic E-state index is 0.534. The van der Waals surface area contributed by atoms with Gasteiger partial charge in [-0.15, -0.1) is 10.2 Å². The maximum Gasteiger partial charge on any atom is 0.200 e. The Hall–Kier alpha value is -1.85. The lowest BCUT2D eigenvalue weighted by atomic mass is 10.4. The van der Waals surface area contributed by atoms with Crippen LogP contribution in [0.5, 0.6) is 0 Å². The van der Waals surface area contributed by atoms with Gasteiger partial charge in [-0.2, -0.15) is 0 Å².